The van der Waals surface area contributed by atoms with E-state index >= 15 is 0 Å². The Balaban J connectivity index is 1.96. The van der Waals surface area contributed by atoms with E-state index in [1.54, 1.807) is 12.1 Å². The van der Waals surface area contributed by atoms with E-state index < -0.39 is 0 Å². The van der Waals surface area contributed by atoms with Crippen molar-refractivity contribution in [1.29, 1.82) is 0 Å². The fraction of sp³-hybridized carbons (Fsp3) is 0.200. The van der Waals surface area contributed by atoms with Gasteiger partial charge in [-0.05, 0) is 53.5 Å². The molecule has 0 fully saturated rings. The van der Waals surface area contributed by atoms with Crippen LogP contribution in [0.15, 0.2) is 46.9 Å². The maximum Gasteiger partial charge on any atom is 0.273 e. The van der Waals surface area contributed by atoms with Gasteiger partial charge in [0.25, 0.3) is 11.8 Å². The number of benzene rings is 2. The number of amides is 2. The molecule has 26 heavy (non-hydrogen) atoms. The molecule has 0 unspecified atom stereocenters. The number of nitrogens with one attached hydrogen (secondary N) is 2. The average Bonchev–Trinajstić information content (AvgIpc) is 2.88. The Labute approximate surface area is 160 Å². The number of fused-ring (bicyclic) bond motifs is 1. The number of aryl methyl sites for hydroxylation is 2. The highest BCUT2D eigenvalue weighted by Gasteiger charge is 2.20. The molecule has 3 aromatic rings. The molecule has 0 saturated heterocycles. The molecule has 0 bridgehead atoms. The molecule has 0 saturated carbocycles. The van der Waals surface area contributed by atoms with Crippen molar-refractivity contribution < 1.29 is 9.59 Å². The summed E-state index contributed by atoms with van der Waals surface area (Å²) in [5.74, 6) is -0.388. The SMILES string of the molecule is CCNC(=O)c1ccc(C)c(NC(=O)c2c(Br)c3ccccc3n2C)c1. The zero-order chi connectivity index (χ0) is 18.8. The maximum atomic E-state index is 12.9. The lowest BCUT2D eigenvalue weighted by Gasteiger charge is -2.12. The standard InChI is InChI=1S/C20H20BrN3O2/c1-4-22-19(25)13-10-9-12(2)15(11-13)23-20(26)18-17(21)14-7-5-6-8-16(14)24(18)3/h5-11H,4H2,1-3H3,(H,22,25)(H,23,26). The summed E-state index contributed by atoms with van der Waals surface area (Å²) in [6.45, 7) is 4.32. The van der Waals surface area contributed by atoms with Gasteiger partial charge in [0.1, 0.15) is 5.69 Å². The van der Waals surface area contributed by atoms with Crippen molar-refractivity contribution in [1.82, 2.24) is 9.88 Å². The summed E-state index contributed by atoms with van der Waals surface area (Å²) >= 11 is 3.55. The Bertz CT molecular complexity index is 969. The lowest BCUT2D eigenvalue weighted by Crippen LogP contribution is -2.23. The van der Waals surface area contributed by atoms with Crippen molar-refractivity contribution in [2.75, 3.05) is 11.9 Å². The van der Waals surface area contributed by atoms with Gasteiger partial charge < -0.3 is 15.2 Å². The molecular formula is C20H20BrN3O2. The third-order valence-electron chi connectivity index (χ3n) is 4.35. The van der Waals surface area contributed by atoms with E-state index in [1.165, 1.54) is 0 Å². The van der Waals surface area contributed by atoms with Gasteiger partial charge in [0, 0.05) is 35.7 Å². The van der Waals surface area contributed by atoms with Crippen molar-refractivity contribution in [2.24, 2.45) is 7.05 Å². The number of nitrogens with zero attached hydrogens (tertiary/aromatic N) is 1. The summed E-state index contributed by atoms with van der Waals surface area (Å²) in [5, 5.41) is 6.68. The number of carbonyl (C=O) groups excluding carboxylic acids is 2. The van der Waals surface area contributed by atoms with Crippen LogP contribution in [0.3, 0.4) is 0 Å². The van der Waals surface area contributed by atoms with E-state index in [-0.39, 0.29) is 11.8 Å². The van der Waals surface area contributed by atoms with E-state index in [0.29, 0.717) is 23.5 Å². The number of halogens is 1. The highest BCUT2D eigenvalue weighted by Crippen LogP contribution is 2.31. The fourth-order valence-corrected chi connectivity index (χ4v) is 3.72. The summed E-state index contributed by atoms with van der Waals surface area (Å²) in [7, 11) is 1.86. The molecule has 0 aliphatic rings. The van der Waals surface area contributed by atoms with E-state index in [4.69, 9.17) is 0 Å². The highest BCUT2D eigenvalue weighted by molar-refractivity contribution is 9.10. The van der Waals surface area contributed by atoms with Gasteiger partial charge in [-0.3, -0.25) is 9.59 Å². The van der Waals surface area contributed by atoms with Gasteiger partial charge in [-0.15, -0.1) is 0 Å². The first-order chi connectivity index (χ1) is 12.4. The normalized spacial score (nSPS) is 10.8. The van der Waals surface area contributed by atoms with Crippen LogP contribution >= 0.6 is 15.9 Å². The summed E-state index contributed by atoms with van der Waals surface area (Å²) in [5.41, 5.74) is 3.53. The first-order valence-corrected chi connectivity index (χ1v) is 9.16. The Hall–Kier alpha value is -2.60. The number of anilines is 1. The number of para-hydroxylation sites is 1. The van der Waals surface area contributed by atoms with Crippen LogP contribution in [0.2, 0.25) is 0 Å². The number of carbonyl (C=O) groups is 2. The first kappa shape index (κ1) is 18.2. The molecule has 5 nitrogen and oxygen atoms in total. The minimum atomic E-state index is -0.230. The summed E-state index contributed by atoms with van der Waals surface area (Å²) in [6, 6.07) is 13.1. The van der Waals surface area contributed by atoms with Gasteiger partial charge in [-0.25, -0.2) is 0 Å². The van der Waals surface area contributed by atoms with Gasteiger partial charge in [-0.2, -0.15) is 0 Å². The first-order valence-electron chi connectivity index (χ1n) is 8.37. The van der Waals surface area contributed by atoms with Crippen molar-refractivity contribution in [3.8, 4) is 0 Å². The van der Waals surface area contributed by atoms with Crippen molar-refractivity contribution in [2.45, 2.75) is 13.8 Å². The third kappa shape index (κ3) is 3.24. The average molecular weight is 414 g/mol. The Morgan fingerprint density at radius 3 is 2.54 bits per heavy atom. The Kier molecular flexibility index (Phi) is 5.13. The minimum Gasteiger partial charge on any atom is -0.352 e. The number of hydrogen-bond donors (Lipinski definition) is 2. The quantitative estimate of drug-likeness (QED) is 0.671. The second-order valence-electron chi connectivity index (χ2n) is 6.08. The molecular weight excluding hydrogens is 394 g/mol. The number of rotatable bonds is 4. The predicted molar refractivity (Wildman–Crippen MR) is 108 cm³/mol. The Morgan fingerprint density at radius 1 is 1.12 bits per heavy atom. The molecule has 2 aromatic carbocycles. The molecule has 2 N–H and O–H groups in total. The number of aromatic nitrogens is 1. The molecule has 1 heterocycles. The lowest BCUT2D eigenvalue weighted by atomic mass is 10.1. The largest absolute Gasteiger partial charge is 0.352 e. The van der Waals surface area contributed by atoms with Crippen LogP contribution < -0.4 is 10.6 Å². The molecule has 2 amide bonds. The van der Waals surface area contributed by atoms with Crippen molar-refractivity contribution in [3.05, 3.63) is 63.8 Å². The topological polar surface area (TPSA) is 63.1 Å². The van der Waals surface area contributed by atoms with E-state index in [2.05, 4.69) is 26.6 Å². The van der Waals surface area contributed by atoms with Crippen molar-refractivity contribution in [3.63, 3.8) is 0 Å². The fourth-order valence-electron chi connectivity index (χ4n) is 2.94. The number of hydrogen-bond acceptors (Lipinski definition) is 2. The molecule has 6 heteroatoms. The van der Waals surface area contributed by atoms with Gasteiger partial charge >= 0.3 is 0 Å². The zero-order valence-corrected chi connectivity index (χ0v) is 16.5. The summed E-state index contributed by atoms with van der Waals surface area (Å²) < 4.78 is 2.61. The second-order valence-corrected chi connectivity index (χ2v) is 6.88. The van der Waals surface area contributed by atoms with Gasteiger partial charge in [0.2, 0.25) is 0 Å². The van der Waals surface area contributed by atoms with Crippen LogP contribution in [0.5, 0.6) is 0 Å². The van der Waals surface area contributed by atoms with Crippen LogP contribution in [0.1, 0.15) is 33.3 Å². The van der Waals surface area contributed by atoms with Crippen LogP contribution in [-0.2, 0) is 7.05 Å². The van der Waals surface area contributed by atoms with Crippen LogP contribution in [0.4, 0.5) is 5.69 Å². The van der Waals surface area contributed by atoms with Gasteiger partial charge in [0.15, 0.2) is 0 Å². The second kappa shape index (κ2) is 7.33. The van der Waals surface area contributed by atoms with E-state index in [9.17, 15) is 9.59 Å². The molecule has 1 aromatic heterocycles. The van der Waals surface area contributed by atoms with Crippen molar-refractivity contribution >= 4 is 44.3 Å². The zero-order valence-electron chi connectivity index (χ0n) is 14.9. The smallest absolute Gasteiger partial charge is 0.273 e. The summed E-state index contributed by atoms with van der Waals surface area (Å²) in [4.78, 5) is 25.0. The Morgan fingerprint density at radius 2 is 1.85 bits per heavy atom. The lowest BCUT2D eigenvalue weighted by molar-refractivity contribution is 0.0954. The molecule has 0 atom stereocenters. The molecule has 3 rings (SSSR count). The van der Waals surface area contributed by atoms with Crippen LogP contribution in [-0.4, -0.2) is 22.9 Å². The van der Waals surface area contributed by atoms with E-state index in [0.717, 1.165) is 20.9 Å². The van der Waals surface area contributed by atoms with Crippen LogP contribution in [0, 0.1) is 6.92 Å². The van der Waals surface area contributed by atoms with E-state index in [1.807, 2.05) is 55.8 Å². The minimum absolute atomic E-state index is 0.159. The maximum absolute atomic E-state index is 12.9. The monoisotopic (exact) mass is 413 g/mol. The predicted octanol–water partition coefficient (Wildman–Crippen LogP) is 4.25. The molecule has 0 radical (unpaired) electrons. The summed E-state index contributed by atoms with van der Waals surface area (Å²) in [6.07, 6.45) is 0. The van der Waals surface area contributed by atoms with Gasteiger partial charge in [-0.1, -0.05) is 24.3 Å². The van der Waals surface area contributed by atoms with Gasteiger partial charge in [0.05, 0.1) is 4.47 Å². The molecule has 134 valence electrons. The molecule has 0 spiro atoms. The molecule has 0 aliphatic carbocycles. The highest BCUT2D eigenvalue weighted by atomic mass is 79.9. The third-order valence-corrected chi connectivity index (χ3v) is 5.15. The van der Waals surface area contributed by atoms with Crippen LogP contribution in [0.25, 0.3) is 10.9 Å². The molecule has 0 aliphatic heterocycles.